The zero-order valence-corrected chi connectivity index (χ0v) is 8.53. The maximum Gasteiger partial charge on any atom is 0.371 e. The Morgan fingerprint density at radius 1 is 1.44 bits per heavy atom. The summed E-state index contributed by atoms with van der Waals surface area (Å²) in [6.45, 7) is 3.95. The second kappa shape index (κ2) is 5.59. The molecule has 1 aromatic heterocycles. The smallest absolute Gasteiger partial charge is 0.371 e. The molecule has 0 atom stereocenters. The van der Waals surface area contributed by atoms with Crippen LogP contribution in [0.1, 0.15) is 16.3 Å². The fraction of sp³-hybridized carbons (Fsp3) is 0.200. The average Bonchev–Trinajstić information content (AvgIpc) is 2.72. The molecular weight excluding hydrogens is 212 g/mol. The van der Waals surface area contributed by atoms with Gasteiger partial charge in [0.2, 0.25) is 5.76 Å². The van der Waals surface area contributed by atoms with E-state index in [4.69, 9.17) is 9.52 Å². The summed E-state index contributed by atoms with van der Waals surface area (Å²) >= 11 is 0. The number of carbonyl (C=O) groups is 2. The fourth-order valence-corrected chi connectivity index (χ4v) is 0.983. The Kier molecular flexibility index (Phi) is 4.14. The molecule has 0 saturated heterocycles. The zero-order valence-electron chi connectivity index (χ0n) is 8.53. The van der Waals surface area contributed by atoms with E-state index < -0.39 is 5.97 Å². The van der Waals surface area contributed by atoms with Crippen molar-refractivity contribution in [3.05, 3.63) is 36.3 Å². The minimum atomic E-state index is -1.14. The van der Waals surface area contributed by atoms with Gasteiger partial charge in [0.05, 0.1) is 6.54 Å². The van der Waals surface area contributed by atoms with Gasteiger partial charge in [0.25, 0.3) is 0 Å². The molecule has 6 nitrogen and oxygen atoms in total. The first-order valence-corrected chi connectivity index (χ1v) is 4.58. The van der Waals surface area contributed by atoms with Crippen molar-refractivity contribution in [1.82, 2.24) is 10.6 Å². The minimum Gasteiger partial charge on any atom is -0.475 e. The molecule has 16 heavy (non-hydrogen) atoms. The monoisotopic (exact) mass is 224 g/mol. The third kappa shape index (κ3) is 3.49. The maximum absolute atomic E-state index is 11.1. The van der Waals surface area contributed by atoms with E-state index >= 15 is 0 Å². The van der Waals surface area contributed by atoms with Crippen LogP contribution in [0.15, 0.2) is 29.2 Å². The standard InChI is InChI=1S/C10H12N2O4/c1-2-5-11-10(15)12-6-7-3-4-8(16-7)9(13)14/h2-4H,1,5-6H2,(H,13,14)(H2,11,12,15). The number of hydrogen-bond acceptors (Lipinski definition) is 3. The Labute approximate surface area is 91.9 Å². The average molecular weight is 224 g/mol. The highest BCUT2D eigenvalue weighted by atomic mass is 16.4. The van der Waals surface area contributed by atoms with Crippen LogP contribution < -0.4 is 10.6 Å². The normalized spacial score (nSPS) is 9.50. The Morgan fingerprint density at radius 2 is 2.19 bits per heavy atom. The number of rotatable bonds is 5. The van der Waals surface area contributed by atoms with Gasteiger partial charge in [-0.15, -0.1) is 6.58 Å². The van der Waals surface area contributed by atoms with Crippen LogP contribution in [0.3, 0.4) is 0 Å². The van der Waals surface area contributed by atoms with E-state index in [0.29, 0.717) is 12.3 Å². The maximum atomic E-state index is 11.1. The van der Waals surface area contributed by atoms with Crippen molar-refractivity contribution in [3.63, 3.8) is 0 Å². The summed E-state index contributed by atoms with van der Waals surface area (Å²) in [6, 6.07) is 2.46. The molecule has 2 amide bonds. The van der Waals surface area contributed by atoms with Crippen LogP contribution in [-0.4, -0.2) is 23.7 Å². The zero-order chi connectivity index (χ0) is 12.0. The van der Waals surface area contributed by atoms with Crippen LogP contribution >= 0.6 is 0 Å². The number of hydrogen-bond donors (Lipinski definition) is 3. The second-order valence-electron chi connectivity index (χ2n) is 2.92. The number of carboxylic acid groups (broad SMARTS) is 1. The summed E-state index contributed by atoms with van der Waals surface area (Å²) in [6.07, 6.45) is 1.55. The van der Waals surface area contributed by atoms with Gasteiger partial charge in [-0.05, 0) is 12.1 Å². The highest BCUT2D eigenvalue weighted by molar-refractivity contribution is 5.84. The molecule has 0 aromatic carbocycles. The SMILES string of the molecule is C=CCNC(=O)NCc1ccc(C(=O)O)o1. The summed E-state index contributed by atoms with van der Waals surface area (Å²) in [5.74, 6) is -0.906. The molecule has 1 rings (SSSR count). The lowest BCUT2D eigenvalue weighted by Gasteiger charge is -2.03. The van der Waals surface area contributed by atoms with Crippen molar-refractivity contribution >= 4 is 12.0 Å². The van der Waals surface area contributed by atoms with E-state index in [1.165, 1.54) is 12.1 Å². The summed E-state index contributed by atoms with van der Waals surface area (Å²) < 4.78 is 4.94. The first kappa shape index (κ1) is 11.8. The number of urea groups is 1. The Hall–Kier alpha value is -2.24. The van der Waals surface area contributed by atoms with Crippen molar-refractivity contribution in [1.29, 1.82) is 0 Å². The molecular formula is C10H12N2O4. The molecule has 1 heterocycles. The van der Waals surface area contributed by atoms with Crippen molar-refractivity contribution in [2.24, 2.45) is 0 Å². The summed E-state index contributed by atoms with van der Waals surface area (Å²) in [7, 11) is 0. The van der Waals surface area contributed by atoms with Crippen LogP contribution in [0, 0.1) is 0 Å². The van der Waals surface area contributed by atoms with Crippen LogP contribution in [0.5, 0.6) is 0 Å². The molecule has 1 aromatic rings. The molecule has 0 spiro atoms. The molecule has 0 fully saturated rings. The third-order valence-electron chi connectivity index (χ3n) is 1.70. The van der Waals surface area contributed by atoms with Gasteiger partial charge in [0.1, 0.15) is 5.76 Å². The number of aromatic carboxylic acids is 1. The van der Waals surface area contributed by atoms with Gasteiger partial charge in [0.15, 0.2) is 0 Å². The summed E-state index contributed by atoms with van der Waals surface area (Å²) in [5.41, 5.74) is 0. The topological polar surface area (TPSA) is 91.6 Å². The highest BCUT2D eigenvalue weighted by Gasteiger charge is 2.09. The van der Waals surface area contributed by atoms with Crippen LogP contribution in [0.25, 0.3) is 0 Å². The van der Waals surface area contributed by atoms with E-state index in [2.05, 4.69) is 17.2 Å². The van der Waals surface area contributed by atoms with Crippen LogP contribution in [0.4, 0.5) is 4.79 Å². The summed E-state index contributed by atoms with van der Waals surface area (Å²) in [5, 5.41) is 13.6. The summed E-state index contributed by atoms with van der Waals surface area (Å²) in [4.78, 5) is 21.6. The van der Waals surface area contributed by atoms with Gasteiger partial charge in [0, 0.05) is 6.54 Å². The van der Waals surface area contributed by atoms with Gasteiger partial charge in [-0.3, -0.25) is 0 Å². The number of carboxylic acids is 1. The van der Waals surface area contributed by atoms with E-state index in [0.717, 1.165) is 0 Å². The second-order valence-corrected chi connectivity index (χ2v) is 2.92. The largest absolute Gasteiger partial charge is 0.475 e. The molecule has 3 N–H and O–H groups in total. The minimum absolute atomic E-state index is 0.135. The lowest BCUT2D eigenvalue weighted by Crippen LogP contribution is -2.34. The highest BCUT2D eigenvalue weighted by Crippen LogP contribution is 2.06. The Balaban J connectivity index is 2.39. The van der Waals surface area contributed by atoms with E-state index in [1.807, 2.05) is 0 Å². The number of furan rings is 1. The predicted molar refractivity (Wildman–Crippen MR) is 56.1 cm³/mol. The van der Waals surface area contributed by atoms with Crippen LogP contribution in [0.2, 0.25) is 0 Å². The molecule has 86 valence electrons. The first-order valence-electron chi connectivity index (χ1n) is 4.58. The van der Waals surface area contributed by atoms with Crippen molar-refractivity contribution in [3.8, 4) is 0 Å². The van der Waals surface area contributed by atoms with Crippen molar-refractivity contribution in [2.75, 3.05) is 6.54 Å². The number of carbonyl (C=O) groups excluding carboxylic acids is 1. The van der Waals surface area contributed by atoms with E-state index in [1.54, 1.807) is 6.08 Å². The first-order chi connectivity index (χ1) is 7.63. The van der Waals surface area contributed by atoms with Gasteiger partial charge < -0.3 is 20.2 Å². The molecule has 0 aliphatic rings. The lowest BCUT2D eigenvalue weighted by molar-refractivity contribution is 0.0660. The van der Waals surface area contributed by atoms with Gasteiger partial charge in [-0.2, -0.15) is 0 Å². The van der Waals surface area contributed by atoms with Crippen molar-refractivity contribution < 1.29 is 19.1 Å². The molecule has 0 saturated carbocycles. The van der Waals surface area contributed by atoms with Gasteiger partial charge in [-0.1, -0.05) is 6.08 Å². The molecule has 6 heteroatoms. The van der Waals surface area contributed by atoms with Crippen LogP contribution in [-0.2, 0) is 6.54 Å². The van der Waals surface area contributed by atoms with Gasteiger partial charge in [-0.25, -0.2) is 9.59 Å². The number of nitrogens with one attached hydrogen (secondary N) is 2. The van der Waals surface area contributed by atoms with Gasteiger partial charge >= 0.3 is 12.0 Å². The lowest BCUT2D eigenvalue weighted by atomic mass is 10.4. The molecule has 0 bridgehead atoms. The molecule has 0 aliphatic heterocycles. The molecule has 0 unspecified atom stereocenters. The van der Waals surface area contributed by atoms with E-state index in [-0.39, 0.29) is 18.3 Å². The third-order valence-corrected chi connectivity index (χ3v) is 1.70. The van der Waals surface area contributed by atoms with Crippen molar-refractivity contribution in [2.45, 2.75) is 6.54 Å². The number of amides is 2. The Morgan fingerprint density at radius 3 is 2.75 bits per heavy atom. The fourth-order valence-electron chi connectivity index (χ4n) is 0.983. The van der Waals surface area contributed by atoms with E-state index in [9.17, 15) is 9.59 Å². The molecule has 0 radical (unpaired) electrons. The predicted octanol–water partition coefficient (Wildman–Crippen LogP) is 0.963. The quantitative estimate of drug-likeness (QED) is 0.649. The molecule has 0 aliphatic carbocycles. The Bertz CT molecular complexity index is 397.